The predicted molar refractivity (Wildman–Crippen MR) is 110 cm³/mol. The molecule has 31 heavy (non-hydrogen) atoms. The monoisotopic (exact) mass is 431 g/mol. The normalized spacial score (nSPS) is 28.3. The molecule has 1 aromatic heterocycles. The van der Waals surface area contributed by atoms with Crippen LogP contribution >= 0.6 is 0 Å². The van der Waals surface area contributed by atoms with Crippen LogP contribution in [0, 0.1) is 0 Å². The number of hydrogen-bond donors (Lipinski definition) is 1. The van der Waals surface area contributed by atoms with Gasteiger partial charge in [-0.05, 0) is 50.7 Å². The summed E-state index contributed by atoms with van der Waals surface area (Å²) in [5.41, 5.74) is 0.463. The Kier molecular flexibility index (Phi) is 5.30. The molecule has 3 aliphatic rings. The van der Waals surface area contributed by atoms with Gasteiger partial charge >= 0.3 is 6.61 Å². The Morgan fingerprint density at radius 3 is 2.48 bits per heavy atom. The van der Waals surface area contributed by atoms with Crippen LogP contribution in [0.15, 0.2) is 41.2 Å². The van der Waals surface area contributed by atoms with E-state index in [2.05, 4.69) is 10.00 Å². The van der Waals surface area contributed by atoms with E-state index in [4.69, 9.17) is 4.74 Å². The van der Waals surface area contributed by atoms with Crippen LogP contribution in [0.5, 0.6) is 5.75 Å². The van der Waals surface area contributed by atoms with E-state index in [0.29, 0.717) is 25.3 Å². The van der Waals surface area contributed by atoms with Crippen LogP contribution < -0.4 is 10.3 Å². The molecular weight excluding hydrogens is 404 g/mol. The van der Waals surface area contributed by atoms with Crippen LogP contribution in [0.4, 0.5) is 8.78 Å². The maximum Gasteiger partial charge on any atom is 0.387 e. The molecule has 2 saturated heterocycles. The number of rotatable bonds is 7. The Bertz CT molecular complexity index is 994. The van der Waals surface area contributed by atoms with Crippen LogP contribution in [0.25, 0.3) is 0 Å². The summed E-state index contributed by atoms with van der Waals surface area (Å²) in [6, 6.07) is 10.5. The third kappa shape index (κ3) is 4.36. The summed E-state index contributed by atoms with van der Waals surface area (Å²) in [7, 11) is 0. The fraction of sp³-hybridized carbons (Fsp3) is 0.565. The van der Waals surface area contributed by atoms with E-state index in [1.54, 1.807) is 24.3 Å². The Balaban J connectivity index is 1.31. The molecule has 0 spiro atoms. The first kappa shape index (κ1) is 20.6. The summed E-state index contributed by atoms with van der Waals surface area (Å²) in [5.74, 6) is 0.639. The average molecular weight is 431 g/mol. The minimum absolute atomic E-state index is 0.130. The van der Waals surface area contributed by atoms with Crippen LogP contribution in [-0.2, 0) is 13.1 Å². The van der Waals surface area contributed by atoms with Crippen LogP contribution in [0.1, 0.15) is 55.7 Å². The van der Waals surface area contributed by atoms with Crippen molar-refractivity contribution >= 4 is 0 Å². The van der Waals surface area contributed by atoms with E-state index in [1.165, 1.54) is 4.68 Å². The van der Waals surface area contributed by atoms with Gasteiger partial charge in [0.15, 0.2) is 0 Å². The minimum atomic E-state index is -2.86. The van der Waals surface area contributed by atoms with Crippen molar-refractivity contribution in [3.05, 3.63) is 58.0 Å². The fourth-order valence-corrected chi connectivity index (χ4v) is 5.30. The highest BCUT2D eigenvalue weighted by Gasteiger charge is 2.48. The third-order valence-corrected chi connectivity index (χ3v) is 6.87. The molecule has 1 aromatic carbocycles. The zero-order valence-electron chi connectivity index (χ0n) is 17.3. The second-order valence-corrected chi connectivity index (χ2v) is 9.20. The largest absolute Gasteiger partial charge is 0.434 e. The standard InChI is InChI=1S/C23H27F2N3O3/c24-22(25)31-20-4-2-1-3-16(20)13-27-17-7-8-18(27)12-23(30,11-17)14-28-21(29)10-9-19(26-28)15-5-6-15/h1-4,9-10,15,17-18,22,30H,5-8,11-14H2. The molecule has 1 N–H and O–H groups in total. The molecule has 2 aromatic rings. The molecule has 0 amide bonds. The SMILES string of the molecule is O=c1ccc(C2CC2)nn1CC1(O)CC2CCC(C1)N2Cc1ccccc1OC(F)F. The van der Waals surface area contributed by atoms with Crippen LogP contribution in [0.2, 0.25) is 0 Å². The molecular formula is C23H27F2N3O3. The topological polar surface area (TPSA) is 67.6 Å². The lowest BCUT2D eigenvalue weighted by Crippen LogP contribution is -2.53. The number of fused-ring (bicyclic) bond motifs is 2. The van der Waals surface area contributed by atoms with Gasteiger partial charge in [0.1, 0.15) is 5.75 Å². The second kappa shape index (κ2) is 7.98. The number of alkyl halides is 2. The number of benzene rings is 1. The van der Waals surface area contributed by atoms with Gasteiger partial charge < -0.3 is 9.84 Å². The minimum Gasteiger partial charge on any atom is -0.434 e. The third-order valence-electron chi connectivity index (χ3n) is 6.87. The maximum atomic E-state index is 12.8. The molecule has 0 radical (unpaired) electrons. The number of piperidine rings is 1. The van der Waals surface area contributed by atoms with Crippen molar-refractivity contribution in [3.8, 4) is 5.75 Å². The number of para-hydroxylation sites is 1. The Morgan fingerprint density at radius 2 is 1.81 bits per heavy atom. The van der Waals surface area contributed by atoms with Gasteiger partial charge in [0.2, 0.25) is 0 Å². The lowest BCUT2D eigenvalue weighted by Gasteiger charge is -2.44. The first-order valence-electron chi connectivity index (χ1n) is 11.0. The number of nitrogens with zero attached hydrogens (tertiary/aromatic N) is 3. The van der Waals surface area contributed by atoms with Gasteiger partial charge in [-0.2, -0.15) is 13.9 Å². The highest BCUT2D eigenvalue weighted by atomic mass is 19.3. The number of hydrogen-bond acceptors (Lipinski definition) is 5. The Hall–Kier alpha value is -2.32. The number of halogens is 2. The smallest absolute Gasteiger partial charge is 0.387 e. The van der Waals surface area contributed by atoms with Crippen LogP contribution in [0.3, 0.4) is 0 Å². The molecule has 3 fully saturated rings. The molecule has 3 heterocycles. The molecule has 6 nitrogen and oxygen atoms in total. The molecule has 8 heteroatoms. The van der Waals surface area contributed by atoms with Gasteiger partial charge in [-0.15, -0.1) is 0 Å². The van der Waals surface area contributed by atoms with Crippen LogP contribution in [-0.4, -0.2) is 44.1 Å². The predicted octanol–water partition coefficient (Wildman–Crippen LogP) is 3.28. The van der Waals surface area contributed by atoms with Crippen molar-refractivity contribution in [3.63, 3.8) is 0 Å². The molecule has 5 rings (SSSR count). The summed E-state index contributed by atoms with van der Waals surface area (Å²) in [5, 5.41) is 15.9. The van der Waals surface area contributed by atoms with Crippen molar-refractivity contribution in [1.82, 2.24) is 14.7 Å². The van der Waals surface area contributed by atoms with Gasteiger partial charge in [-0.1, -0.05) is 18.2 Å². The summed E-state index contributed by atoms with van der Waals surface area (Å²) >= 11 is 0. The fourth-order valence-electron chi connectivity index (χ4n) is 5.30. The van der Waals surface area contributed by atoms with Gasteiger partial charge in [0, 0.05) is 36.2 Å². The molecule has 166 valence electrons. The van der Waals surface area contributed by atoms with E-state index in [1.807, 2.05) is 12.1 Å². The molecule has 2 bridgehead atoms. The van der Waals surface area contributed by atoms with Gasteiger partial charge in [-0.25, -0.2) is 4.68 Å². The average Bonchev–Trinajstić information content (AvgIpc) is 3.52. The lowest BCUT2D eigenvalue weighted by molar-refractivity contribution is -0.0691. The van der Waals surface area contributed by atoms with E-state index in [9.17, 15) is 18.7 Å². The Labute approximate surface area is 179 Å². The zero-order valence-corrected chi connectivity index (χ0v) is 17.3. The van der Waals surface area contributed by atoms with E-state index < -0.39 is 12.2 Å². The van der Waals surface area contributed by atoms with E-state index in [0.717, 1.165) is 36.9 Å². The highest BCUT2D eigenvalue weighted by Crippen LogP contribution is 2.43. The summed E-state index contributed by atoms with van der Waals surface area (Å²) in [6.45, 7) is -2.16. The van der Waals surface area contributed by atoms with Crippen molar-refractivity contribution in [2.75, 3.05) is 0 Å². The quantitative estimate of drug-likeness (QED) is 0.729. The molecule has 2 unspecified atom stereocenters. The number of aliphatic hydroxyl groups is 1. The summed E-state index contributed by atoms with van der Waals surface area (Å²) in [4.78, 5) is 14.6. The molecule has 2 aliphatic heterocycles. The summed E-state index contributed by atoms with van der Waals surface area (Å²) in [6.07, 6.45) is 5.15. The van der Waals surface area contributed by atoms with E-state index in [-0.39, 0.29) is 29.9 Å². The van der Waals surface area contributed by atoms with Crippen molar-refractivity contribution in [2.24, 2.45) is 0 Å². The van der Waals surface area contributed by atoms with Gasteiger partial charge in [0.05, 0.1) is 17.8 Å². The van der Waals surface area contributed by atoms with Gasteiger partial charge in [-0.3, -0.25) is 9.69 Å². The molecule has 2 atom stereocenters. The molecule has 1 saturated carbocycles. The zero-order chi connectivity index (χ0) is 21.6. The van der Waals surface area contributed by atoms with Crippen molar-refractivity contribution in [1.29, 1.82) is 0 Å². The first-order chi connectivity index (χ1) is 14.9. The van der Waals surface area contributed by atoms with Gasteiger partial charge in [0.25, 0.3) is 5.56 Å². The maximum absolute atomic E-state index is 12.8. The highest BCUT2D eigenvalue weighted by molar-refractivity contribution is 5.33. The Morgan fingerprint density at radius 1 is 1.10 bits per heavy atom. The van der Waals surface area contributed by atoms with E-state index >= 15 is 0 Å². The van der Waals surface area contributed by atoms with Crippen molar-refractivity contribution in [2.45, 2.75) is 81.8 Å². The second-order valence-electron chi connectivity index (χ2n) is 9.20. The number of ether oxygens (including phenoxy) is 1. The summed E-state index contributed by atoms with van der Waals surface area (Å²) < 4.78 is 31.6. The first-order valence-corrected chi connectivity index (χ1v) is 11.0. The van der Waals surface area contributed by atoms with Crippen molar-refractivity contribution < 1.29 is 18.6 Å². The number of aromatic nitrogens is 2. The molecule has 1 aliphatic carbocycles. The lowest BCUT2D eigenvalue weighted by atomic mass is 9.85.